The lowest BCUT2D eigenvalue weighted by atomic mass is 10.2. The summed E-state index contributed by atoms with van der Waals surface area (Å²) in [4.78, 5) is 14.7. The van der Waals surface area contributed by atoms with Gasteiger partial charge in [-0.25, -0.2) is 4.68 Å². The van der Waals surface area contributed by atoms with Crippen LogP contribution in [0, 0.1) is 0 Å². The van der Waals surface area contributed by atoms with Crippen molar-refractivity contribution in [2.75, 3.05) is 17.3 Å². The smallest absolute Gasteiger partial charge is 0.240 e. The van der Waals surface area contributed by atoms with Gasteiger partial charge in [0.05, 0.1) is 10.3 Å². The van der Waals surface area contributed by atoms with Crippen LogP contribution in [0.4, 0.5) is 5.69 Å². The lowest BCUT2D eigenvalue weighted by molar-refractivity contribution is -0.117. The van der Waals surface area contributed by atoms with Crippen LogP contribution in [0.2, 0.25) is 10.0 Å². The van der Waals surface area contributed by atoms with E-state index >= 15 is 0 Å². The summed E-state index contributed by atoms with van der Waals surface area (Å²) in [5.41, 5.74) is 1.47. The number of aromatic nitrogens is 3. The molecule has 0 spiro atoms. The predicted octanol–water partition coefficient (Wildman–Crippen LogP) is 4.50. The van der Waals surface area contributed by atoms with E-state index in [4.69, 9.17) is 29.0 Å². The van der Waals surface area contributed by atoms with E-state index in [9.17, 15) is 4.79 Å². The minimum atomic E-state index is -0.403. The van der Waals surface area contributed by atoms with Gasteiger partial charge in [-0.05, 0) is 44.2 Å². The maximum absolute atomic E-state index is 12.9. The van der Waals surface area contributed by atoms with Gasteiger partial charge in [0, 0.05) is 22.8 Å². The summed E-state index contributed by atoms with van der Waals surface area (Å²) in [6, 6.07) is 14.6. The number of nitrogens with two attached hydrogens (primary N) is 1. The van der Waals surface area contributed by atoms with Crippen molar-refractivity contribution in [3.8, 4) is 11.4 Å². The number of carbonyl (C=O) groups excluding carboxylic acids is 1. The zero-order valence-corrected chi connectivity index (χ0v) is 17.7. The average Bonchev–Trinajstić information content (AvgIpc) is 3.03. The third kappa shape index (κ3) is 4.27. The molecule has 1 unspecified atom stereocenters. The molecular formula is C19H19Cl2N5OS. The minimum absolute atomic E-state index is 0.0345. The van der Waals surface area contributed by atoms with Crippen LogP contribution in [0.3, 0.4) is 0 Å². The monoisotopic (exact) mass is 435 g/mol. The summed E-state index contributed by atoms with van der Waals surface area (Å²) in [6.45, 7) is 4.32. The Hall–Kier alpha value is -2.22. The topological polar surface area (TPSA) is 77.0 Å². The number of halogens is 2. The first-order valence-corrected chi connectivity index (χ1v) is 10.2. The lowest BCUT2D eigenvalue weighted by Crippen LogP contribution is -2.36. The van der Waals surface area contributed by atoms with Crippen LogP contribution < -0.4 is 10.7 Å². The predicted molar refractivity (Wildman–Crippen MR) is 115 cm³/mol. The van der Waals surface area contributed by atoms with Crippen LogP contribution in [-0.2, 0) is 4.79 Å². The number of para-hydroxylation sites is 1. The van der Waals surface area contributed by atoms with Crippen molar-refractivity contribution in [2.45, 2.75) is 24.3 Å². The highest BCUT2D eigenvalue weighted by Gasteiger charge is 2.25. The number of benzene rings is 2. The number of thioether (sulfide) groups is 1. The highest BCUT2D eigenvalue weighted by molar-refractivity contribution is 8.00. The Kier molecular flexibility index (Phi) is 6.49. The molecule has 2 N–H and O–H groups in total. The first-order chi connectivity index (χ1) is 13.4. The second-order valence-corrected chi connectivity index (χ2v) is 8.13. The van der Waals surface area contributed by atoms with E-state index in [1.54, 1.807) is 23.1 Å². The van der Waals surface area contributed by atoms with E-state index in [0.29, 0.717) is 33.1 Å². The van der Waals surface area contributed by atoms with Crippen LogP contribution in [0.1, 0.15) is 13.8 Å². The summed E-state index contributed by atoms with van der Waals surface area (Å²) in [7, 11) is 0. The Morgan fingerprint density at radius 1 is 1.21 bits per heavy atom. The molecule has 0 radical (unpaired) electrons. The zero-order chi connectivity index (χ0) is 20.3. The van der Waals surface area contributed by atoms with Crippen LogP contribution in [0.5, 0.6) is 0 Å². The quantitative estimate of drug-likeness (QED) is 0.455. The number of nitrogens with zero attached hydrogens (tertiary/aromatic N) is 4. The summed E-state index contributed by atoms with van der Waals surface area (Å²) in [5, 5.41) is 9.22. The maximum Gasteiger partial charge on any atom is 0.240 e. The molecule has 1 amide bonds. The van der Waals surface area contributed by atoms with Crippen molar-refractivity contribution >= 4 is 46.6 Å². The molecule has 1 heterocycles. The molecule has 9 heteroatoms. The molecule has 0 saturated heterocycles. The standard InChI is InChI=1S/C19H19Cl2N5OS/c1-3-25(14-7-5-4-6-8-14)18(27)12(2)28-19-24-23-17(26(19)22)15-10-9-13(20)11-16(15)21/h4-12H,3,22H2,1-2H3. The Balaban J connectivity index is 1.80. The molecule has 28 heavy (non-hydrogen) atoms. The summed E-state index contributed by atoms with van der Waals surface area (Å²) in [6.07, 6.45) is 0. The van der Waals surface area contributed by atoms with Crippen molar-refractivity contribution in [2.24, 2.45) is 0 Å². The van der Waals surface area contributed by atoms with Gasteiger partial charge in [0.1, 0.15) is 0 Å². The fourth-order valence-electron chi connectivity index (χ4n) is 2.71. The van der Waals surface area contributed by atoms with Gasteiger partial charge in [0.25, 0.3) is 0 Å². The van der Waals surface area contributed by atoms with Crippen LogP contribution in [0.25, 0.3) is 11.4 Å². The Morgan fingerprint density at radius 2 is 1.93 bits per heavy atom. The van der Waals surface area contributed by atoms with Crippen LogP contribution in [-0.4, -0.2) is 32.6 Å². The number of hydrogen-bond acceptors (Lipinski definition) is 5. The van der Waals surface area contributed by atoms with Gasteiger partial charge in [-0.15, -0.1) is 10.2 Å². The van der Waals surface area contributed by atoms with Crippen molar-refractivity contribution in [3.05, 3.63) is 58.6 Å². The van der Waals surface area contributed by atoms with E-state index in [-0.39, 0.29) is 5.91 Å². The van der Waals surface area contributed by atoms with E-state index in [2.05, 4.69) is 10.2 Å². The Morgan fingerprint density at radius 3 is 2.57 bits per heavy atom. The van der Waals surface area contributed by atoms with E-state index in [1.807, 2.05) is 44.2 Å². The largest absolute Gasteiger partial charge is 0.335 e. The van der Waals surface area contributed by atoms with Crippen molar-refractivity contribution in [1.29, 1.82) is 0 Å². The van der Waals surface area contributed by atoms with Gasteiger partial charge in [-0.3, -0.25) is 4.79 Å². The van der Waals surface area contributed by atoms with Gasteiger partial charge < -0.3 is 10.7 Å². The number of nitrogen functional groups attached to an aromatic ring is 1. The van der Waals surface area contributed by atoms with Crippen molar-refractivity contribution < 1.29 is 4.79 Å². The molecule has 0 aliphatic carbocycles. The minimum Gasteiger partial charge on any atom is -0.335 e. The molecule has 0 saturated carbocycles. The summed E-state index contributed by atoms with van der Waals surface area (Å²) < 4.78 is 1.34. The Bertz CT molecular complexity index is 980. The lowest BCUT2D eigenvalue weighted by Gasteiger charge is -2.24. The molecule has 0 aliphatic heterocycles. The molecule has 0 fully saturated rings. The molecule has 1 aromatic heterocycles. The highest BCUT2D eigenvalue weighted by atomic mass is 35.5. The second kappa shape index (κ2) is 8.86. The number of carbonyl (C=O) groups is 1. The maximum atomic E-state index is 12.9. The first-order valence-electron chi connectivity index (χ1n) is 8.61. The molecule has 6 nitrogen and oxygen atoms in total. The number of amides is 1. The number of rotatable bonds is 6. The third-order valence-corrected chi connectivity index (χ3v) is 5.71. The number of hydrogen-bond donors (Lipinski definition) is 1. The van der Waals surface area contributed by atoms with E-state index in [1.165, 1.54) is 16.4 Å². The van der Waals surface area contributed by atoms with Crippen LogP contribution in [0.15, 0.2) is 53.7 Å². The summed E-state index contributed by atoms with van der Waals surface area (Å²) in [5.74, 6) is 6.53. The molecule has 3 aromatic rings. The highest BCUT2D eigenvalue weighted by Crippen LogP contribution is 2.31. The normalized spacial score (nSPS) is 12.0. The van der Waals surface area contributed by atoms with Gasteiger partial charge in [0.15, 0.2) is 5.82 Å². The zero-order valence-electron chi connectivity index (χ0n) is 15.3. The van der Waals surface area contributed by atoms with Crippen molar-refractivity contribution in [3.63, 3.8) is 0 Å². The molecule has 0 bridgehead atoms. The van der Waals surface area contributed by atoms with Gasteiger partial charge in [-0.2, -0.15) is 0 Å². The average molecular weight is 436 g/mol. The Labute approximate surface area is 177 Å². The van der Waals surface area contributed by atoms with Gasteiger partial charge in [0.2, 0.25) is 11.1 Å². The molecule has 0 aliphatic rings. The van der Waals surface area contributed by atoms with E-state index in [0.717, 1.165) is 5.69 Å². The molecule has 1 atom stereocenters. The SMILES string of the molecule is CCN(C(=O)C(C)Sc1nnc(-c2ccc(Cl)cc2Cl)n1N)c1ccccc1. The van der Waals surface area contributed by atoms with Gasteiger partial charge >= 0.3 is 0 Å². The molecular weight excluding hydrogens is 417 g/mol. The second-order valence-electron chi connectivity index (χ2n) is 5.98. The fourth-order valence-corrected chi connectivity index (χ4v) is 4.04. The third-order valence-electron chi connectivity index (χ3n) is 4.12. The number of anilines is 1. The van der Waals surface area contributed by atoms with Crippen LogP contribution >= 0.6 is 35.0 Å². The molecule has 2 aromatic carbocycles. The molecule has 3 rings (SSSR count). The van der Waals surface area contributed by atoms with Gasteiger partial charge in [-0.1, -0.05) is 53.2 Å². The molecule has 146 valence electrons. The van der Waals surface area contributed by atoms with E-state index < -0.39 is 5.25 Å². The summed E-state index contributed by atoms with van der Waals surface area (Å²) >= 11 is 13.4. The first kappa shape index (κ1) is 20.5. The fraction of sp³-hybridized carbons (Fsp3) is 0.211. The van der Waals surface area contributed by atoms with Crippen molar-refractivity contribution in [1.82, 2.24) is 14.9 Å².